The number of nitrogens with one attached hydrogen (secondary N) is 2. The van der Waals surface area contributed by atoms with E-state index >= 15 is 0 Å². The summed E-state index contributed by atoms with van der Waals surface area (Å²) < 4.78 is 5.26. The fourth-order valence-corrected chi connectivity index (χ4v) is 2.35. The Morgan fingerprint density at radius 3 is 2.84 bits per heavy atom. The van der Waals surface area contributed by atoms with Crippen LogP contribution >= 0.6 is 11.3 Å². The van der Waals surface area contributed by atoms with Gasteiger partial charge in [0.25, 0.3) is 0 Å². The molecule has 0 saturated carbocycles. The Kier molecular flexibility index (Phi) is 4.53. The SMILES string of the molecule is CNc1ncnc(NCC(O)c2ccsc2)c1OC. The van der Waals surface area contributed by atoms with E-state index in [-0.39, 0.29) is 0 Å². The zero-order valence-corrected chi connectivity index (χ0v) is 11.6. The summed E-state index contributed by atoms with van der Waals surface area (Å²) in [6.07, 6.45) is 0.858. The quantitative estimate of drug-likeness (QED) is 0.748. The van der Waals surface area contributed by atoms with Gasteiger partial charge in [-0.05, 0) is 22.4 Å². The molecular formula is C12H16N4O2S. The van der Waals surface area contributed by atoms with Crippen LogP contribution in [0.4, 0.5) is 11.6 Å². The fraction of sp³-hybridized carbons (Fsp3) is 0.333. The Balaban J connectivity index is 2.07. The van der Waals surface area contributed by atoms with Gasteiger partial charge >= 0.3 is 0 Å². The summed E-state index contributed by atoms with van der Waals surface area (Å²) in [6, 6.07) is 1.90. The summed E-state index contributed by atoms with van der Waals surface area (Å²) >= 11 is 1.56. The third kappa shape index (κ3) is 3.12. The summed E-state index contributed by atoms with van der Waals surface area (Å²) in [7, 11) is 3.31. The van der Waals surface area contributed by atoms with E-state index < -0.39 is 6.10 Å². The van der Waals surface area contributed by atoms with Gasteiger partial charge < -0.3 is 20.5 Å². The minimum absolute atomic E-state index is 0.354. The van der Waals surface area contributed by atoms with E-state index in [0.29, 0.717) is 23.9 Å². The summed E-state index contributed by atoms with van der Waals surface area (Å²) in [5.41, 5.74) is 0.888. The van der Waals surface area contributed by atoms with Crippen LogP contribution in [0.2, 0.25) is 0 Å². The van der Waals surface area contributed by atoms with Gasteiger partial charge in [0.05, 0.1) is 13.2 Å². The van der Waals surface area contributed by atoms with Crippen molar-refractivity contribution in [2.24, 2.45) is 0 Å². The summed E-state index contributed by atoms with van der Waals surface area (Å²) in [5.74, 6) is 1.68. The summed E-state index contributed by atoms with van der Waals surface area (Å²) in [6.45, 7) is 0.354. The molecule has 102 valence electrons. The first-order valence-corrected chi connectivity index (χ1v) is 6.71. The molecule has 0 radical (unpaired) electrons. The van der Waals surface area contributed by atoms with Gasteiger partial charge in [0.15, 0.2) is 11.6 Å². The second kappa shape index (κ2) is 6.35. The summed E-state index contributed by atoms with van der Waals surface area (Å²) in [5, 5.41) is 19.8. The molecule has 0 saturated heterocycles. The van der Waals surface area contributed by atoms with Gasteiger partial charge in [-0.1, -0.05) is 0 Å². The van der Waals surface area contributed by atoms with Crippen LogP contribution in [0.25, 0.3) is 0 Å². The van der Waals surface area contributed by atoms with Crippen molar-refractivity contribution in [2.75, 3.05) is 31.3 Å². The molecule has 0 aromatic carbocycles. The largest absolute Gasteiger partial charge is 0.490 e. The zero-order chi connectivity index (χ0) is 13.7. The Hall–Kier alpha value is -1.86. The van der Waals surface area contributed by atoms with Crippen LogP contribution in [0, 0.1) is 0 Å². The van der Waals surface area contributed by atoms with Crippen molar-refractivity contribution >= 4 is 23.0 Å². The van der Waals surface area contributed by atoms with Crippen molar-refractivity contribution in [3.05, 3.63) is 28.7 Å². The molecule has 2 heterocycles. The highest BCUT2D eigenvalue weighted by Gasteiger charge is 2.13. The number of ether oxygens (including phenoxy) is 1. The third-order valence-electron chi connectivity index (χ3n) is 2.64. The first-order chi connectivity index (χ1) is 9.26. The number of nitrogens with zero attached hydrogens (tertiary/aromatic N) is 2. The van der Waals surface area contributed by atoms with E-state index in [1.54, 1.807) is 25.5 Å². The number of aliphatic hydroxyl groups excluding tert-OH is 1. The predicted molar refractivity (Wildman–Crippen MR) is 75.9 cm³/mol. The molecular weight excluding hydrogens is 264 g/mol. The standard InChI is InChI=1S/C12H16N4O2S/c1-13-11-10(18-2)12(16-7-15-11)14-5-9(17)8-3-4-19-6-8/h3-4,6-7,9,17H,5H2,1-2H3,(H2,13,14,15,16). The smallest absolute Gasteiger partial charge is 0.204 e. The van der Waals surface area contributed by atoms with Crippen molar-refractivity contribution in [3.63, 3.8) is 0 Å². The van der Waals surface area contributed by atoms with Crippen LogP contribution in [0.3, 0.4) is 0 Å². The molecule has 0 fully saturated rings. The van der Waals surface area contributed by atoms with Crippen molar-refractivity contribution in [1.82, 2.24) is 9.97 Å². The lowest BCUT2D eigenvalue weighted by Gasteiger charge is -2.14. The highest BCUT2D eigenvalue weighted by molar-refractivity contribution is 7.07. The maximum absolute atomic E-state index is 10.0. The summed E-state index contributed by atoms with van der Waals surface area (Å²) in [4.78, 5) is 8.17. The number of methoxy groups -OCH3 is 1. The van der Waals surface area contributed by atoms with Gasteiger partial charge in [0.2, 0.25) is 5.75 Å². The molecule has 2 rings (SSSR count). The van der Waals surface area contributed by atoms with Gasteiger partial charge in [-0.25, -0.2) is 9.97 Å². The number of aromatic nitrogens is 2. The lowest BCUT2D eigenvalue weighted by Crippen LogP contribution is -2.14. The number of anilines is 2. The van der Waals surface area contributed by atoms with Crippen LogP contribution in [0.15, 0.2) is 23.2 Å². The topological polar surface area (TPSA) is 79.3 Å². The van der Waals surface area contributed by atoms with Crippen LogP contribution < -0.4 is 15.4 Å². The molecule has 0 aliphatic carbocycles. The van der Waals surface area contributed by atoms with Crippen molar-refractivity contribution in [2.45, 2.75) is 6.10 Å². The number of aliphatic hydroxyl groups is 1. The van der Waals surface area contributed by atoms with Crippen molar-refractivity contribution in [1.29, 1.82) is 0 Å². The number of thiophene rings is 1. The number of rotatable bonds is 6. The van der Waals surface area contributed by atoms with Gasteiger partial charge in [0.1, 0.15) is 6.33 Å². The second-order valence-electron chi connectivity index (χ2n) is 3.81. The molecule has 0 aliphatic rings. The van der Waals surface area contributed by atoms with Gasteiger partial charge in [0, 0.05) is 13.6 Å². The Bertz CT molecular complexity index is 518. The second-order valence-corrected chi connectivity index (χ2v) is 4.59. The first-order valence-electron chi connectivity index (χ1n) is 5.77. The maximum atomic E-state index is 10.0. The van der Waals surface area contributed by atoms with E-state index in [1.165, 1.54) is 6.33 Å². The minimum atomic E-state index is -0.580. The van der Waals surface area contributed by atoms with Crippen LogP contribution in [0.1, 0.15) is 11.7 Å². The van der Waals surface area contributed by atoms with Gasteiger partial charge in [-0.3, -0.25) is 0 Å². The van der Waals surface area contributed by atoms with Crippen molar-refractivity contribution in [3.8, 4) is 5.75 Å². The van der Waals surface area contributed by atoms with Crippen LogP contribution in [-0.4, -0.2) is 35.8 Å². The molecule has 19 heavy (non-hydrogen) atoms. The highest BCUT2D eigenvalue weighted by atomic mass is 32.1. The Morgan fingerprint density at radius 2 is 2.21 bits per heavy atom. The molecule has 6 nitrogen and oxygen atoms in total. The number of hydrogen-bond acceptors (Lipinski definition) is 7. The monoisotopic (exact) mass is 280 g/mol. The Morgan fingerprint density at radius 1 is 1.42 bits per heavy atom. The minimum Gasteiger partial charge on any atom is -0.490 e. The van der Waals surface area contributed by atoms with Gasteiger partial charge in [-0.15, -0.1) is 0 Å². The van der Waals surface area contributed by atoms with E-state index in [4.69, 9.17) is 4.74 Å². The molecule has 0 aliphatic heterocycles. The fourth-order valence-electron chi connectivity index (χ4n) is 1.65. The zero-order valence-electron chi connectivity index (χ0n) is 10.8. The van der Waals surface area contributed by atoms with Gasteiger partial charge in [-0.2, -0.15) is 11.3 Å². The van der Waals surface area contributed by atoms with Crippen LogP contribution in [-0.2, 0) is 0 Å². The Labute approximate surface area is 115 Å². The molecule has 3 N–H and O–H groups in total. The third-order valence-corrected chi connectivity index (χ3v) is 3.34. The normalized spacial score (nSPS) is 11.9. The van der Waals surface area contributed by atoms with E-state index in [9.17, 15) is 5.11 Å². The first kappa shape index (κ1) is 13.6. The molecule has 0 bridgehead atoms. The molecule has 1 atom stereocenters. The maximum Gasteiger partial charge on any atom is 0.204 e. The van der Waals surface area contributed by atoms with E-state index in [0.717, 1.165) is 5.56 Å². The average Bonchev–Trinajstić information content (AvgIpc) is 2.98. The highest BCUT2D eigenvalue weighted by Crippen LogP contribution is 2.29. The molecule has 1 unspecified atom stereocenters. The van der Waals surface area contributed by atoms with Crippen LogP contribution in [0.5, 0.6) is 5.75 Å². The molecule has 0 spiro atoms. The molecule has 2 aromatic rings. The number of hydrogen-bond donors (Lipinski definition) is 3. The molecule has 0 amide bonds. The molecule has 7 heteroatoms. The lowest BCUT2D eigenvalue weighted by molar-refractivity contribution is 0.192. The van der Waals surface area contributed by atoms with E-state index in [1.807, 2.05) is 16.8 Å². The lowest BCUT2D eigenvalue weighted by atomic mass is 10.2. The van der Waals surface area contributed by atoms with E-state index in [2.05, 4.69) is 20.6 Å². The average molecular weight is 280 g/mol. The predicted octanol–water partition coefficient (Wildman–Crippen LogP) is 1.73. The molecule has 2 aromatic heterocycles. The van der Waals surface area contributed by atoms with Crippen molar-refractivity contribution < 1.29 is 9.84 Å².